The number of nitrogens with two attached hydrogens (primary N) is 1. The molecule has 9 heteroatoms. The maximum absolute atomic E-state index is 14.1. The van der Waals surface area contributed by atoms with Crippen molar-refractivity contribution in [2.75, 3.05) is 27.3 Å². The molecule has 2 amide bonds. The largest absolute Gasteiger partial charge is 0.331 e. The molecule has 200 valence electrons. The van der Waals surface area contributed by atoms with Crippen LogP contribution in [-0.4, -0.2) is 58.7 Å². The Morgan fingerprint density at radius 1 is 1.08 bits per heavy atom. The zero-order valence-corrected chi connectivity index (χ0v) is 22.1. The van der Waals surface area contributed by atoms with Crippen LogP contribution in [0, 0.1) is 17.0 Å². The second kappa shape index (κ2) is 11.8. The van der Waals surface area contributed by atoms with Crippen LogP contribution >= 0.6 is 0 Å². The normalized spacial score (nSPS) is 13.3. The summed E-state index contributed by atoms with van der Waals surface area (Å²) >= 11 is 0. The van der Waals surface area contributed by atoms with E-state index in [4.69, 9.17) is 10.7 Å². The second-order valence-corrected chi connectivity index (χ2v) is 10.6. The number of rotatable bonds is 9. The molecular formula is C28H36F3N5O. The Hall–Kier alpha value is -3.33. The summed E-state index contributed by atoms with van der Waals surface area (Å²) in [6, 6.07) is 10.9. The predicted molar refractivity (Wildman–Crippen MR) is 140 cm³/mol. The number of imidazole rings is 1. The van der Waals surface area contributed by atoms with Crippen LogP contribution in [0.25, 0.3) is 11.3 Å². The number of urea groups is 1. The summed E-state index contributed by atoms with van der Waals surface area (Å²) in [5, 5.41) is 0. The average molecular weight is 516 g/mol. The summed E-state index contributed by atoms with van der Waals surface area (Å²) in [6.07, 6.45) is 2.06. The van der Waals surface area contributed by atoms with Crippen molar-refractivity contribution in [1.82, 2.24) is 19.4 Å². The highest BCUT2D eigenvalue weighted by atomic mass is 19.1. The molecule has 0 fully saturated rings. The van der Waals surface area contributed by atoms with Crippen LogP contribution in [0.15, 0.2) is 54.7 Å². The van der Waals surface area contributed by atoms with Gasteiger partial charge in [-0.1, -0.05) is 45.0 Å². The van der Waals surface area contributed by atoms with E-state index < -0.39 is 30.0 Å². The van der Waals surface area contributed by atoms with Gasteiger partial charge in [0.15, 0.2) is 0 Å². The molecule has 0 radical (unpaired) electrons. The SMILES string of the molecule is CN(C)C(=O)N(CC[C@H](N)CF)[C@@H](c1nc(-c2cccc(F)c2)cn1Cc1cccc(F)c1)C(C)(C)C. The number of nitrogens with zero attached hydrogens (tertiary/aromatic N) is 4. The molecule has 2 aromatic carbocycles. The number of benzene rings is 2. The number of hydrogen-bond acceptors (Lipinski definition) is 3. The van der Waals surface area contributed by atoms with E-state index in [0.29, 0.717) is 22.6 Å². The van der Waals surface area contributed by atoms with Gasteiger partial charge in [0.1, 0.15) is 24.1 Å². The van der Waals surface area contributed by atoms with E-state index in [1.54, 1.807) is 43.4 Å². The minimum Gasteiger partial charge on any atom is -0.331 e. The molecule has 0 aliphatic rings. The Bertz CT molecular complexity index is 1200. The number of alkyl halides is 1. The van der Waals surface area contributed by atoms with Gasteiger partial charge in [0.2, 0.25) is 0 Å². The third-order valence-electron chi connectivity index (χ3n) is 6.11. The molecule has 0 unspecified atom stereocenters. The first-order valence-corrected chi connectivity index (χ1v) is 12.3. The molecule has 2 atom stereocenters. The Kier molecular flexibility index (Phi) is 9.02. The number of halogens is 3. The Labute approximate surface area is 216 Å². The number of carbonyl (C=O) groups is 1. The highest BCUT2D eigenvalue weighted by Crippen LogP contribution is 2.39. The van der Waals surface area contributed by atoms with E-state index in [0.717, 1.165) is 0 Å². The first-order chi connectivity index (χ1) is 17.4. The lowest BCUT2D eigenvalue weighted by molar-refractivity contribution is 0.0899. The van der Waals surface area contributed by atoms with Gasteiger partial charge in [-0.3, -0.25) is 0 Å². The quantitative estimate of drug-likeness (QED) is 0.401. The van der Waals surface area contributed by atoms with E-state index in [1.807, 2.05) is 31.4 Å². The molecule has 37 heavy (non-hydrogen) atoms. The molecule has 0 saturated carbocycles. The maximum Gasteiger partial charge on any atom is 0.320 e. The van der Waals surface area contributed by atoms with Crippen molar-refractivity contribution in [3.8, 4) is 11.3 Å². The summed E-state index contributed by atoms with van der Waals surface area (Å²) in [7, 11) is 3.31. The molecule has 2 N–H and O–H groups in total. The summed E-state index contributed by atoms with van der Waals surface area (Å²) in [5.74, 6) is -0.197. The van der Waals surface area contributed by atoms with Crippen LogP contribution in [0.4, 0.5) is 18.0 Å². The first kappa shape index (κ1) is 28.2. The topological polar surface area (TPSA) is 67.4 Å². The lowest BCUT2D eigenvalue weighted by Gasteiger charge is -2.41. The van der Waals surface area contributed by atoms with Crippen LogP contribution in [0.3, 0.4) is 0 Å². The van der Waals surface area contributed by atoms with Crippen LogP contribution in [-0.2, 0) is 6.54 Å². The van der Waals surface area contributed by atoms with Crippen LogP contribution in [0.5, 0.6) is 0 Å². The third kappa shape index (κ3) is 7.13. The lowest BCUT2D eigenvalue weighted by atomic mass is 9.84. The Morgan fingerprint density at radius 3 is 2.30 bits per heavy atom. The number of hydrogen-bond donors (Lipinski definition) is 1. The van der Waals surface area contributed by atoms with E-state index in [1.165, 1.54) is 29.2 Å². The van der Waals surface area contributed by atoms with Crippen molar-refractivity contribution in [2.24, 2.45) is 11.1 Å². The fourth-order valence-electron chi connectivity index (χ4n) is 4.36. The van der Waals surface area contributed by atoms with Crippen LogP contribution in [0.2, 0.25) is 0 Å². The molecular weight excluding hydrogens is 479 g/mol. The van der Waals surface area contributed by atoms with E-state index in [9.17, 15) is 18.0 Å². The van der Waals surface area contributed by atoms with Gasteiger partial charge in [0.05, 0.1) is 11.7 Å². The zero-order chi connectivity index (χ0) is 27.3. The van der Waals surface area contributed by atoms with Gasteiger partial charge in [-0.05, 0) is 41.7 Å². The van der Waals surface area contributed by atoms with E-state index in [2.05, 4.69) is 0 Å². The van der Waals surface area contributed by atoms with Crippen LogP contribution in [0.1, 0.15) is 44.6 Å². The minimum absolute atomic E-state index is 0.214. The average Bonchev–Trinajstić information content (AvgIpc) is 3.22. The van der Waals surface area contributed by atoms with Crippen molar-refractivity contribution in [3.05, 3.63) is 77.8 Å². The van der Waals surface area contributed by atoms with Crippen molar-refractivity contribution < 1.29 is 18.0 Å². The molecule has 0 aliphatic carbocycles. The molecule has 0 bridgehead atoms. The maximum atomic E-state index is 14.1. The molecule has 0 aliphatic heterocycles. The van der Waals surface area contributed by atoms with Crippen molar-refractivity contribution in [2.45, 2.75) is 45.8 Å². The zero-order valence-electron chi connectivity index (χ0n) is 22.1. The summed E-state index contributed by atoms with van der Waals surface area (Å²) in [4.78, 5) is 21.5. The van der Waals surface area contributed by atoms with Crippen molar-refractivity contribution in [3.63, 3.8) is 0 Å². The summed E-state index contributed by atoms with van der Waals surface area (Å²) in [6.45, 7) is 5.79. The molecule has 1 aromatic heterocycles. The van der Waals surface area contributed by atoms with Crippen molar-refractivity contribution in [1.29, 1.82) is 0 Å². The van der Waals surface area contributed by atoms with Crippen LogP contribution < -0.4 is 5.73 Å². The minimum atomic E-state index is -0.701. The highest BCUT2D eigenvalue weighted by Gasteiger charge is 2.39. The van der Waals surface area contributed by atoms with E-state index in [-0.39, 0.29) is 31.4 Å². The third-order valence-corrected chi connectivity index (χ3v) is 6.11. The van der Waals surface area contributed by atoms with Gasteiger partial charge in [0, 0.05) is 45.0 Å². The summed E-state index contributed by atoms with van der Waals surface area (Å²) < 4.78 is 43.1. The number of carbonyl (C=O) groups excluding carboxylic acids is 1. The van der Waals surface area contributed by atoms with Gasteiger partial charge in [-0.2, -0.15) is 0 Å². The van der Waals surface area contributed by atoms with Gasteiger partial charge in [-0.25, -0.2) is 22.9 Å². The lowest BCUT2D eigenvalue weighted by Crippen LogP contribution is -2.48. The van der Waals surface area contributed by atoms with E-state index >= 15 is 0 Å². The second-order valence-electron chi connectivity index (χ2n) is 10.6. The Balaban J connectivity index is 2.19. The van der Waals surface area contributed by atoms with Gasteiger partial charge >= 0.3 is 6.03 Å². The number of amides is 2. The number of aromatic nitrogens is 2. The predicted octanol–water partition coefficient (Wildman–Crippen LogP) is 5.63. The molecule has 6 nitrogen and oxygen atoms in total. The first-order valence-electron chi connectivity index (χ1n) is 12.3. The summed E-state index contributed by atoms with van der Waals surface area (Å²) in [5.41, 5.74) is 7.18. The Morgan fingerprint density at radius 2 is 1.73 bits per heavy atom. The van der Waals surface area contributed by atoms with Gasteiger partial charge in [-0.15, -0.1) is 0 Å². The fourth-order valence-corrected chi connectivity index (χ4v) is 4.36. The molecule has 0 spiro atoms. The van der Waals surface area contributed by atoms with Crippen molar-refractivity contribution >= 4 is 6.03 Å². The fraction of sp³-hybridized carbons (Fsp3) is 0.429. The van der Waals surface area contributed by atoms with Gasteiger partial charge in [0.25, 0.3) is 0 Å². The molecule has 3 aromatic rings. The smallest absolute Gasteiger partial charge is 0.320 e. The highest BCUT2D eigenvalue weighted by molar-refractivity contribution is 5.74. The van der Waals surface area contributed by atoms with Gasteiger partial charge < -0.3 is 20.1 Å². The molecule has 0 saturated heterocycles. The molecule has 1 heterocycles. The molecule has 3 rings (SSSR count). The standard InChI is InChI=1S/C28H36F3N5O/c1-28(2,3)25(36(27(37)34(4)5)13-12-23(32)16-29)26-33-24(20-9-7-11-22(31)15-20)18-35(26)17-19-8-6-10-21(30)14-19/h6-11,14-15,18,23,25H,12-13,16-17,32H2,1-5H3/t23-,25-/m0/s1. The monoisotopic (exact) mass is 515 g/mol.